The largest absolute Gasteiger partial charge is 0.496 e. The lowest BCUT2D eigenvalue weighted by molar-refractivity contribution is 0.266. The quantitative estimate of drug-likeness (QED) is 0.882. The van der Waals surface area contributed by atoms with Crippen LogP contribution in [0.15, 0.2) is 41.8 Å². The van der Waals surface area contributed by atoms with Crippen molar-refractivity contribution in [2.24, 2.45) is 0 Å². The van der Waals surface area contributed by atoms with Crippen LogP contribution in [-0.4, -0.2) is 13.2 Å². The van der Waals surface area contributed by atoms with Crippen molar-refractivity contribution in [3.8, 4) is 5.75 Å². The lowest BCUT2D eigenvalue weighted by Crippen LogP contribution is -2.41. The molecule has 0 aliphatic heterocycles. The van der Waals surface area contributed by atoms with Crippen LogP contribution in [-0.2, 0) is 0 Å². The van der Waals surface area contributed by atoms with E-state index in [1.54, 1.807) is 7.11 Å². The Morgan fingerprint density at radius 1 is 1.20 bits per heavy atom. The van der Waals surface area contributed by atoms with Crippen molar-refractivity contribution in [1.82, 2.24) is 5.32 Å². The normalized spacial score (nSPS) is 23.1. The minimum absolute atomic E-state index is 0.457. The second-order valence-electron chi connectivity index (χ2n) is 5.51. The molecule has 0 amide bonds. The summed E-state index contributed by atoms with van der Waals surface area (Å²) in [6.07, 6.45) is 2.41. The fraction of sp³-hybridized carbons (Fsp3) is 0.412. The van der Waals surface area contributed by atoms with E-state index in [1.807, 2.05) is 17.4 Å². The smallest absolute Gasteiger partial charge is 0.122 e. The maximum Gasteiger partial charge on any atom is 0.122 e. The lowest BCUT2D eigenvalue weighted by Gasteiger charge is -2.38. The zero-order chi connectivity index (χ0) is 13.9. The van der Waals surface area contributed by atoms with Crippen molar-refractivity contribution < 1.29 is 4.74 Å². The lowest BCUT2D eigenvalue weighted by atomic mass is 9.75. The molecular formula is C17H21NOS. The highest BCUT2D eigenvalue weighted by Crippen LogP contribution is 2.41. The summed E-state index contributed by atoms with van der Waals surface area (Å²) in [5.74, 6) is 1.67. The van der Waals surface area contributed by atoms with Gasteiger partial charge in [0.05, 0.1) is 7.11 Å². The molecule has 0 saturated heterocycles. The Morgan fingerprint density at radius 3 is 2.70 bits per heavy atom. The first-order chi connectivity index (χ1) is 9.78. The molecule has 2 nitrogen and oxygen atoms in total. The van der Waals surface area contributed by atoms with Crippen molar-refractivity contribution in [2.75, 3.05) is 7.11 Å². The van der Waals surface area contributed by atoms with E-state index in [9.17, 15) is 0 Å². The highest BCUT2D eigenvalue weighted by atomic mass is 32.1. The number of hydrogen-bond donors (Lipinski definition) is 1. The van der Waals surface area contributed by atoms with Gasteiger partial charge in [-0.05, 0) is 48.8 Å². The third-order valence-electron chi connectivity index (χ3n) is 4.17. The molecule has 106 valence electrons. The second-order valence-corrected chi connectivity index (χ2v) is 6.49. The second kappa shape index (κ2) is 5.98. The van der Waals surface area contributed by atoms with Gasteiger partial charge in [0, 0.05) is 17.0 Å². The van der Waals surface area contributed by atoms with Gasteiger partial charge in [0.1, 0.15) is 5.75 Å². The first-order valence-corrected chi connectivity index (χ1v) is 8.08. The van der Waals surface area contributed by atoms with Crippen molar-refractivity contribution in [2.45, 2.75) is 37.8 Å². The van der Waals surface area contributed by atoms with Gasteiger partial charge in [-0.1, -0.05) is 24.3 Å². The van der Waals surface area contributed by atoms with E-state index in [2.05, 4.69) is 48.0 Å². The van der Waals surface area contributed by atoms with Gasteiger partial charge in [-0.2, -0.15) is 0 Å². The summed E-state index contributed by atoms with van der Waals surface area (Å²) in [6.45, 7) is 2.25. The maximum absolute atomic E-state index is 5.46. The SMILES string of the molecule is COc1ccccc1C1CC(N[C@H](C)c2cccs2)C1. The number of rotatable bonds is 5. The van der Waals surface area contributed by atoms with E-state index >= 15 is 0 Å². The van der Waals surface area contributed by atoms with Crippen LogP contribution in [0.25, 0.3) is 0 Å². The van der Waals surface area contributed by atoms with Crippen LogP contribution in [0.2, 0.25) is 0 Å². The Balaban J connectivity index is 1.56. The molecular weight excluding hydrogens is 266 g/mol. The Hall–Kier alpha value is -1.32. The summed E-state index contributed by atoms with van der Waals surface area (Å²) in [5, 5.41) is 5.87. The summed E-state index contributed by atoms with van der Waals surface area (Å²) in [5.41, 5.74) is 1.36. The first-order valence-electron chi connectivity index (χ1n) is 7.20. The van der Waals surface area contributed by atoms with Crippen LogP contribution in [0.5, 0.6) is 5.75 Å². The molecule has 1 N–H and O–H groups in total. The predicted octanol–water partition coefficient (Wildman–Crippen LogP) is 4.35. The molecule has 1 atom stereocenters. The van der Waals surface area contributed by atoms with Crippen LogP contribution in [0.4, 0.5) is 0 Å². The van der Waals surface area contributed by atoms with E-state index in [-0.39, 0.29) is 0 Å². The minimum Gasteiger partial charge on any atom is -0.496 e. The van der Waals surface area contributed by atoms with Crippen LogP contribution in [0.1, 0.15) is 42.2 Å². The molecule has 2 aromatic rings. The van der Waals surface area contributed by atoms with E-state index in [0.29, 0.717) is 18.0 Å². The molecule has 0 bridgehead atoms. The molecule has 1 aliphatic rings. The van der Waals surface area contributed by atoms with Crippen molar-refractivity contribution in [3.05, 3.63) is 52.2 Å². The molecule has 3 heteroatoms. The minimum atomic E-state index is 0.457. The van der Waals surface area contributed by atoms with Gasteiger partial charge in [0.25, 0.3) is 0 Å². The highest BCUT2D eigenvalue weighted by Gasteiger charge is 2.32. The number of para-hydroxylation sites is 1. The van der Waals surface area contributed by atoms with Gasteiger partial charge in [-0.25, -0.2) is 0 Å². The van der Waals surface area contributed by atoms with Crippen molar-refractivity contribution in [1.29, 1.82) is 0 Å². The van der Waals surface area contributed by atoms with E-state index in [0.717, 1.165) is 5.75 Å². The van der Waals surface area contributed by atoms with Crippen LogP contribution in [0, 0.1) is 0 Å². The average Bonchev–Trinajstić information content (AvgIpc) is 2.96. The van der Waals surface area contributed by atoms with E-state index < -0.39 is 0 Å². The molecule has 1 aromatic heterocycles. The molecule has 1 aromatic carbocycles. The van der Waals surface area contributed by atoms with Crippen molar-refractivity contribution in [3.63, 3.8) is 0 Å². The fourth-order valence-corrected chi connectivity index (χ4v) is 3.73. The molecule has 1 aliphatic carbocycles. The molecule has 20 heavy (non-hydrogen) atoms. The summed E-state index contributed by atoms with van der Waals surface area (Å²) >= 11 is 1.83. The summed E-state index contributed by atoms with van der Waals surface area (Å²) in [4.78, 5) is 1.42. The Morgan fingerprint density at radius 2 is 2.00 bits per heavy atom. The van der Waals surface area contributed by atoms with Crippen LogP contribution >= 0.6 is 11.3 Å². The molecule has 0 unspecified atom stereocenters. The van der Waals surface area contributed by atoms with Crippen LogP contribution < -0.4 is 10.1 Å². The van der Waals surface area contributed by atoms with Gasteiger partial charge in [-0.3, -0.25) is 0 Å². The Bertz CT molecular complexity index is 546. The topological polar surface area (TPSA) is 21.3 Å². The van der Waals surface area contributed by atoms with Crippen LogP contribution in [0.3, 0.4) is 0 Å². The van der Waals surface area contributed by atoms with Gasteiger partial charge in [0.15, 0.2) is 0 Å². The molecule has 1 saturated carbocycles. The number of benzene rings is 1. The molecule has 1 heterocycles. The summed E-state index contributed by atoms with van der Waals surface area (Å²) in [6, 6.07) is 13.8. The molecule has 3 rings (SSSR count). The first kappa shape index (κ1) is 13.7. The standard InChI is InChI=1S/C17H21NOS/c1-12(17-8-5-9-20-17)18-14-10-13(11-14)15-6-3-4-7-16(15)19-2/h3-9,12-14,18H,10-11H2,1-2H3/t12-,13?,14?/m1/s1. The van der Waals surface area contributed by atoms with E-state index in [1.165, 1.54) is 23.3 Å². The molecule has 0 spiro atoms. The van der Waals surface area contributed by atoms with Gasteiger partial charge in [-0.15, -0.1) is 11.3 Å². The third-order valence-corrected chi connectivity index (χ3v) is 5.23. The number of ether oxygens (including phenoxy) is 1. The molecule has 1 fully saturated rings. The number of thiophene rings is 1. The Labute approximate surface area is 124 Å². The highest BCUT2D eigenvalue weighted by molar-refractivity contribution is 7.10. The fourth-order valence-electron chi connectivity index (χ4n) is 2.98. The third kappa shape index (κ3) is 2.74. The monoisotopic (exact) mass is 287 g/mol. The number of methoxy groups -OCH3 is 1. The maximum atomic E-state index is 5.46. The zero-order valence-corrected chi connectivity index (χ0v) is 12.8. The van der Waals surface area contributed by atoms with Gasteiger partial charge >= 0.3 is 0 Å². The van der Waals surface area contributed by atoms with E-state index in [4.69, 9.17) is 4.74 Å². The van der Waals surface area contributed by atoms with Gasteiger partial charge in [0.2, 0.25) is 0 Å². The predicted molar refractivity (Wildman–Crippen MR) is 84.6 cm³/mol. The summed E-state index contributed by atoms with van der Waals surface area (Å²) in [7, 11) is 1.76. The molecule has 0 radical (unpaired) electrons. The summed E-state index contributed by atoms with van der Waals surface area (Å²) < 4.78 is 5.46. The zero-order valence-electron chi connectivity index (χ0n) is 12.0. The van der Waals surface area contributed by atoms with Gasteiger partial charge < -0.3 is 10.1 Å². The average molecular weight is 287 g/mol. The number of nitrogens with one attached hydrogen (secondary N) is 1. The Kier molecular flexibility index (Phi) is 4.08. The van der Waals surface area contributed by atoms with Crippen molar-refractivity contribution >= 4 is 11.3 Å². The number of hydrogen-bond acceptors (Lipinski definition) is 3.